The van der Waals surface area contributed by atoms with E-state index in [9.17, 15) is 9.59 Å². The second kappa shape index (κ2) is 7.05. The van der Waals surface area contributed by atoms with Gasteiger partial charge in [0.15, 0.2) is 11.2 Å². The van der Waals surface area contributed by atoms with E-state index in [-0.39, 0.29) is 11.2 Å². The zero-order valence-corrected chi connectivity index (χ0v) is 16.9. The normalized spacial score (nSPS) is 13.8. The maximum atomic E-state index is 13.3. The number of nitrogens with zero attached hydrogens (tertiary/aromatic N) is 4. The quantitative estimate of drug-likeness (QED) is 0.491. The summed E-state index contributed by atoms with van der Waals surface area (Å²) in [7, 11) is 3.19. The summed E-state index contributed by atoms with van der Waals surface area (Å²) in [6.07, 6.45) is 3.86. The topological polar surface area (TPSA) is 79.8 Å². The van der Waals surface area contributed by atoms with Crippen molar-refractivity contribution in [2.75, 3.05) is 14.2 Å². The van der Waals surface area contributed by atoms with Crippen molar-refractivity contribution in [2.24, 2.45) is 5.92 Å². The number of rotatable bonds is 6. The number of hydrogen-bond acceptors (Lipinski definition) is 5. The summed E-state index contributed by atoms with van der Waals surface area (Å²) in [6, 6.07) is 11.1. The fraction of sp³-hybridized carbons (Fsp3) is 0.318. The molecule has 1 saturated carbocycles. The van der Waals surface area contributed by atoms with E-state index < -0.39 is 0 Å². The van der Waals surface area contributed by atoms with Crippen LogP contribution in [0.3, 0.4) is 0 Å². The van der Waals surface area contributed by atoms with Crippen LogP contribution in [0.25, 0.3) is 16.8 Å². The van der Waals surface area contributed by atoms with E-state index in [0.717, 1.165) is 24.2 Å². The molecule has 0 N–H and O–H groups in total. The van der Waals surface area contributed by atoms with E-state index >= 15 is 0 Å². The molecule has 8 heteroatoms. The molecule has 1 aliphatic rings. The Balaban J connectivity index is 1.75. The lowest BCUT2D eigenvalue weighted by Crippen LogP contribution is -2.41. The highest BCUT2D eigenvalue weighted by Crippen LogP contribution is 2.30. The van der Waals surface area contributed by atoms with Crippen LogP contribution < -0.4 is 20.7 Å². The third-order valence-electron chi connectivity index (χ3n) is 5.62. The molecule has 5 rings (SSSR count). The van der Waals surface area contributed by atoms with E-state index in [0.29, 0.717) is 41.6 Å². The second-order valence-electron chi connectivity index (χ2n) is 7.65. The van der Waals surface area contributed by atoms with Crippen molar-refractivity contribution in [1.82, 2.24) is 18.5 Å². The van der Waals surface area contributed by atoms with Gasteiger partial charge in [-0.25, -0.2) is 9.78 Å². The molecule has 8 nitrogen and oxygen atoms in total. The van der Waals surface area contributed by atoms with Gasteiger partial charge in [-0.05, 0) is 42.5 Å². The minimum absolute atomic E-state index is 0.300. The minimum Gasteiger partial charge on any atom is -0.497 e. The summed E-state index contributed by atoms with van der Waals surface area (Å²) >= 11 is 0. The maximum Gasteiger partial charge on any atom is 0.333 e. The predicted molar refractivity (Wildman–Crippen MR) is 113 cm³/mol. The van der Waals surface area contributed by atoms with Gasteiger partial charge in [-0.2, -0.15) is 0 Å². The van der Waals surface area contributed by atoms with Gasteiger partial charge in [-0.1, -0.05) is 12.1 Å². The molecule has 0 atom stereocenters. The fourth-order valence-corrected chi connectivity index (χ4v) is 3.75. The molecular formula is C22H22N4O4. The van der Waals surface area contributed by atoms with Gasteiger partial charge in [-0.15, -0.1) is 0 Å². The monoisotopic (exact) mass is 406 g/mol. The van der Waals surface area contributed by atoms with Crippen molar-refractivity contribution in [3.8, 4) is 11.5 Å². The average molecular weight is 406 g/mol. The maximum absolute atomic E-state index is 13.3. The number of pyridine rings is 1. The van der Waals surface area contributed by atoms with Crippen molar-refractivity contribution in [3.05, 3.63) is 69.0 Å². The van der Waals surface area contributed by atoms with Gasteiger partial charge < -0.3 is 9.47 Å². The summed E-state index contributed by atoms with van der Waals surface area (Å²) in [5, 5.41) is 0. The van der Waals surface area contributed by atoms with E-state index in [4.69, 9.17) is 9.47 Å². The smallest absolute Gasteiger partial charge is 0.333 e. The highest BCUT2D eigenvalue weighted by atomic mass is 16.5. The molecule has 0 bridgehead atoms. The number of ether oxygens (including phenoxy) is 2. The molecule has 30 heavy (non-hydrogen) atoms. The molecule has 0 saturated heterocycles. The molecule has 1 fully saturated rings. The zero-order valence-electron chi connectivity index (χ0n) is 16.9. The molecule has 0 radical (unpaired) electrons. The molecule has 3 heterocycles. The van der Waals surface area contributed by atoms with E-state index in [2.05, 4.69) is 4.98 Å². The summed E-state index contributed by atoms with van der Waals surface area (Å²) < 4.78 is 15.2. The summed E-state index contributed by atoms with van der Waals surface area (Å²) in [5.41, 5.74) is 1.64. The van der Waals surface area contributed by atoms with Gasteiger partial charge in [-0.3, -0.25) is 18.3 Å². The lowest BCUT2D eigenvalue weighted by atomic mass is 10.2. The Morgan fingerprint density at radius 1 is 1.00 bits per heavy atom. The van der Waals surface area contributed by atoms with Gasteiger partial charge in [0.25, 0.3) is 5.56 Å². The van der Waals surface area contributed by atoms with Crippen LogP contribution in [-0.2, 0) is 13.1 Å². The summed E-state index contributed by atoms with van der Waals surface area (Å²) in [5.74, 6) is 1.77. The lowest BCUT2D eigenvalue weighted by Gasteiger charge is -2.12. The molecule has 1 aliphatic carbocycles. The number of aromatic nitrogens is 4. The Morgan fingerprint density at radius 3 is 2.40 bits per heavy atom. The van der Waals surface area contributed by atoms with Gasteiger partial charge in [0, 0.05) is 18.8 Å². The molecule has 0 spiro atoms. The molecule has 1 aromatic carbocycles. The summed E-state index contributed by atoms with van der Waals surface area (Å²) in [4.78, 5) is 31.2. The van der Waals surface area contributed by atoms with Gasteiger partial charge in [0.05, 0.1) is 20.8 Å². The highest BCUT2D eigenvalue weighted by Gasteiger charge is 2.26. The van der Waals surface area contributed by atoms with Crippen molar-refractivity contribution >= 4 is 16.8 Å². The third-order valence-corrected chi connectivity index (χ3v) is 5.62. The van der Waals surface area contributed by atoms with Crippen LogP contribution in [0.1, 0.15) is 18.4 Å². The van der Waals surface area contributed by atoms with Crippen molar-refractivity contribution in [1.29, 1.82) is 0 Å². The fourth-order valence-electron chi connectivity index (χ4n) is 3.75. The first kappa shape index (κ1) is 18.5. The van der Waals surface area contributed by atoms with Gasteiger partial charge in [0.1, 0.15) is 17.1 Å². The minimum atomic E-state index is -0.328. The van der Waals surface area contributed by atoms with Crippen LogP contribution in [0.4, 0.5) is 0 Å². The standard InChI is InChI=1S/C22H22N4O4/c1-29-16-7-5-15(6-8-16)12-25-20-19(21(27)26(22(25)28)13-14-3-4-14)24-10-9-17(30-2)11-18(24)23-20/h5-11,14H,3-4,12-13H2,1-2H3. The SMILES string of the molecule is COc1ccc(Cn2c(=O)n(CC3CC3)c(=O)c3c2nc2cc(OC)ccn23)cc1. The Labute approximate surface area is 171 Å². The first-order valence-corrected chi connectivity index (χ1v) is 9.91. The molecule has 4 aromatic rings. The van der Waals surface area contributed by atoms with Gasteiger partial charge >= 0.3 is 5.69 Å². The van der Waals surface area contributed by atoms with Crippen LogP contribution in [-0.4, -0.2) is 32.7 Å². The molecule has 0 aliphatic heterocycles. The Hall–Kier alpha value is -3.55. The number of fused-ring (bicyclic) bond motifs is 3. The molecular weight excluding hydrogens is 384 g/mol. The molecule has 0 amide bonds. The second-order valence-corrected chi connectivity index (χ2v) is 7.65. The third kappa shape index (κ3) is 3.04. The van der Waals surface area contributed by atoms with Crippen molar-refractivity contribution in [3.63, 3.8) is 0 Å². The van der Waals surface area contributed by atoms with E-state index in [1.807, 2.05) is 24.3 Å². The van der Waals surface area contributed by atoms with Crippen LogP contribution in [0.2, 0.25) is 0 Å². The van der Waals surface area contributed by atoms with Gasteiger partial charge in [0.2, 0.25) is 0 Å². The van der Waals surface area contributed by atoms with Crippen molar-refractivity contribution < 1.29 is 9.47 Å². The number of imidazole rings is 1. The number of benzene rings is 1. The number of hydrogen-bond donors (Lipinski definition) is 0. The Bertz CT molecular complexity index is 1360. The average Bonchev–Trinajstić information content (AvgIpc) is 3.51. The largest absolute Gasteiger partial charge is 0.497 e. The molecule has 0 unspecified atom stereocenters. The number of methoxy groups -OCH3 is 2. The molecule has 154 valence electrons. The van der Waals surface area contributed by atoms with E-state index in [1.54, 1.807) is 41.5 Å². The highest BCUT2D eigenvalue weighted by molar-refractivity contribution is 5.77. The first-order valence-electron chi connectivity index (χ1n) is 9.91. The van der Waals surface area contributed by atoms with Crippen LogP contribution in [0.5, 0.6) is 11.5 Å². The predicted octanol–water partition coefficient (Wildman–Crippen LogP) is 2.29. The Morgan fingerprint density at radius 2 is 1.73 bits per heavy atom. The zero-order chi connectivity index (χ0) is 20.8. The van der Waals surface area contributed by atoms with Crippen molar-refractivity contribution in [2.45, 2.75) is 25.9 Å². The Kier molecular flexibility index (Phi) is 4.34. The van der Waals surface area contributed by atoms with Crippen LogP contribution in [0, 0.1) is 5.92 Å². The lowest BCUT2D eigenvalue weighted by molar-refractivity contribution is 0.414. The molecule has 3 aromatic heterocycles. The first-order chi connectivity index (χ1) is 14.6. The van der Waals surface area contributed by atoms with Crippen LogP contribution in [0.15, 0.2) is 52.2 Å². The van der Waals surface area contributed by atoms with E-state index in [1.165, 1.54) is 4.57 Å². The van der Waals surface area contributed by atoms with Crippen LogP contribution >= 0.6 is 0 Å². The summed E-state index contributed by atoms with van der Waals surface area (Å²) in [6.45, 7) is 0.755.